The highest BCUT2D eigenvalue weighted by Gasteiger charge is 2.08. The molecule has 144 valence electrons. The number of hydrogen-bond acceptors (Lipinski definition) is 5. The number of nitrogens with zero attached hydrogens (tertiary/aromatic N) is 2. The van der Waals surface area contributed by atoms with E-state index in [0.29, 0.717) is 30.4 Å². The molecule has 0 aliphatic heterocycles. The molecule has 0 bridgehead atoms. The van der Waals surface area contributed by atoms with Crippen molar-refractivity contribution >= 4 is 29.0 Å². The Morgan fingerprint density at radius 2 is 1.75 bits per heavy atom. The predicted molar refractivity (Wildman–Crippen MR) is 110 cm³/mol. The van der Waals surface area contributed by atoms with Crippen LogP contribution in [0.3, 0.4) is 0 Å². The summed E-state index contributed by atoms with van der Waals surface area (Å²) in [6, 6.07) is 18.4. The van der Waals surface area contributed by atoms with Gasteiger partial charge < -0.3 is 15.4 Å². The summed E-state index contributed by atoms with van der Waals surface area (Å²) in [5.41, 5.74) is 2.23. The van der Waals surface area contributed by atoms with Gasteiger partial charge in [0.1, 0.15) is 5.75 Å². The van der Waals surface area contributed by atoms with E-state index in [1.165, 1.54) is 0 Å². The van der Waals surface area contributed by atoms with Crippen molar-refractivity contribution < 1.29 is 9.53 Å². The Labute approximate surface area is 168 Å². The molecule has 6 nitrogen and oxygen atoms in total. The highest BCUT2D eigenvalue weighted by molar-refractivity contribution is 6.30. The maximum absolute atomic E-state index is 12.2. The Bertz CT molecular complexity index is 897. The second kappa shape index (κ2) is 9.71. The topological polar surface area (TPSA) is 76.1 Å². The van der Waals surface area contributed by atoms with Crippen molar-refractivity contribution in [2.75, 3.05) is 18.5 Å². The second-order valence-electron chi connectivity index (χ2n) is 6.02. The summed E-state index contributed by atoms with van der Waals surface area (Å²) in [6.45, 7) is 3.08. The largest absolute Gasteiger partial charge is 0.494 e. The van der Waals surface area contributed by atoms with Gasteiger partial charge in [-0.25, -0.2) is 0 Å². The molecule has 1 heterocycles. The number of amides is 1. The highest BCUT2D eigenvalue weighted by atomic mass is 35.5. The van der Waals surface area contributed by atoms with Gasteiger partial charge in [-0.05, 0) is 67.4 Å². The minimum Gasteiger partial charge on any atom is -0.494 e. The van der Waals surface area contributed by atoms with E-state index in [2.05, 4.69) is 20.8 Å². The fourth-order valence-electron chi connectivity index (χ4n) is 2.53. The van der Waals surface area contributed by atoms with Gasteiger partial charge in [-0.2, -0.15) is 0 Å². The quantitative estimate of drug-likeness (QED) is 0.595. The van der Waals surface area contributed by atoms with E-state index in [1.54, 1.807) is 12.1 Å². The number of anilines is 2. The fourth-order valence-corrected chi connectivity index (χ4v) is 2.66. The number of carbonyl (C=O) groups is 1. The van der Waals surface area contributed by atoms with Gasteiger partial charge in [-0.15, -0.1) is 10.2 Å². The molecule has 0 radical (unpaired) electrons. The zero-order chi connectivity index (χ0) is 19.8. The zero-order valence-corrected chi connectivity index (χ0v) is 16.2. The summed E-state index contributed by atoms with van der Waals surface area (Å²) in [7, 11) is 0. The molecule has 2 N–H and O–H groups in total. The third-order valence-electron chi connectivity index (χ3n) is 3.95. The Morgan fingerprint density at radius 3 is 2.39 bits per heavy atom. The van der Waals surface area contributed by atoms with Crippen LogP contribution in [0, 0.1) is 0 Å². The van der Waals surface area contributed by atoms with Gasteiger partial charge in [-0.3, -0.25) is 4.79 Å². The van der Waals surface area contributed by atoms with E-state index >= 15 is 0 Å². The van der Waals surface area contributed by atoms with Crippen molar-refractivity contribution in [1.82, 2.24) is 15.5 Å². The van der Waals surface area contributed by atoms with E-state index in [4.69, 9.17) is 16.3 Å². The molecule has 7 heteroatoms. The van der Waals surface area contributed by atoms with E-state index in [1.807, 2.05) is 55.5 Å². The lowest BCUT2D eigenvalue weighted by Gasteiger charge is -2.08. The van der Waals surface area contributed by atoms with Crippen molar-refractivity contribution in [2.45, 2.75) is 13.3 Å². The van der Waals surface area contributed by atoms with Crippen LogP contribution in [-0.2, 0) is 6.42 Å². The first-order valence-corrected chi connectivity index (χ1v) is 9.38. The minimum atomic E-state index is -0.255. The van der Waals surface area contributed by atoms with E-state index in [0.717, 1.165) is 17.0 Å². The van der Waals surface area contributed by atoms with Crippen LogP contribution in [0.4, 0.5) is 11.5 Å². The molecule has 0 unspecified atom stereocenters. The molecule has 0 fully saturated rings. The van der Waals surface area contributed by atoms with Gasteiger partial charge in [0.25, 0.3) is 5.91 Å². The molecule has 0 saturated carbocycles. The molecule has 2 aromatic carbocycles. The summed E-state index contributed by atoms with van der Waals surface area (Å²) >= 11 is 5.86. The molecule has 1 amide bonds. The lowest BCUT2D eigenvalue weighted by molar-refractivity contribution is 0.0948. The van der Waals surface area contributed by atoms with E-state index in [-0.39, 0.29) is 11.6 Å². The molecule has 0 atom stereocenters. The minimum absolute atomic E-state index is 0.255. The lowest BCUT2D eigenvalue weighted by atomic mass is 10.1. The fraction of sp³-hybridized carbons (Fsp3) is 0.190. The van der Waals surface area contributed by atoms with Crippen LogP contribution in [0.25, 0.3) is 0 Å². The molecule has 1 aromatic heterocycles. The number of carbonyl (C=O) groups excluding carboxylic acids is 1. The first-order valence-electron chi connectivity index (χ1n) is 9.00. The standard InChI is InChI=1S/C21H21ClN4O2/c1-2-28-18-9-7-17(8-10-18)24-20-12-11-19(25-26-20)21(27)23-14-13-15-3-5-16(22)6-4-15/h3-12H,2,13-14H2,1H3,(H,23,27)(H,24,26). The smallest absolute Gasteiger partial charge is 0.271 e. The molecule has 3 aromatic rings. The maximum atomic E-state index is 12.2. The van der Waals surface area contributed by atoms with Crippen LogP contribution in [0.15, 0.2) is 60.7 Å². The first-order chi connectivity index (χ1) is 13.6. The number of aromatic nitrogens is 2. The van der Waals surface area contributed by atoms with Gasteiger partial charge in [0, 0.05) is 17.3 Å². The monoisotopic (exact) mass is 396 g/mol. The number of halogens is 1. The van der Waals surface area contributed by atoms with Crippen molar-refractivity contribution in [1.29, 1.82) is 0 Å². The Balaban J connectivity index is 1.50. The zero-order valence-electron chi connectivity index (χ0n) is 15.5. The average Bonchev–Trinajstić information content (AvgIpc) is 2.72. The summed E-state index contributed by atoms with van der Waals surface area (Å²) in [6.07, 6.45) is 0.716. The van der Waals surface area contributed by atoms with Crippen LogP contribution in [-0.4, -0.2) is 29.3 Å². The summed E-state index contributed by atoms with van der Waals surface area (Å²) in [5, 5.41) is 14.7. The normalized spacial score (nSPS) is 10.4. The van der Waals surface area contributed by atoms with Crippen LogP contribution >= 0.6 is 11.6 Å². The molecular weight excluding hydrogens is 376 g/mol. The average molecular weight is 397 g/mol. The highest BCUT2D eigenvalue weighted by Crippen LogP contribution is 2.18. The molecule has 0 aliphatic rings. The number of hydrogen-bond donors (Lipinski definition) is 2. The van der Waals surface area contributed by atoms with Crippen LogP contribution in [0.1, 0.15) is 23.0 Å². The number of benzene rings is 2. The molecule has 0 aliphatic carbocycles. The third-order valence-corrected chi connectivity index (χ3v) is 4.20. The van der Waals surface area contributed by atoms with Gasteiger partial charge in [-0.1, -0.05) is 23.7 Å². The van der Waals surface area contributed by atoms with Crippen molar-refractivity contribution in [3.05, 3.63) is 76.9 Å². The molecule has 28 heavy (non-hydrogen) atoms. The van der Waals surface area contributed by atoms with Crippen molar-refractivity contribution in [3.63, 3.8) is 0 Å². The molecule has 3 rings (SSSR count). The Kier molecular flexibility index (Phi) is 6.81. The Hall–Kier alpha value is -3.12. The van der Waals surface area contributed by atoms with Crippen molar-refractivity contribution in [3.8, 4) is 5.75 Å². The number of nitrogens with one attached hydrogen (secondary N) is 2. The van der Waals surface area contributed by atoms with Gasteiger partial charge in [0.05, 0.1) is 6.61 Å². The van der Waals surface area contributed by atoms with E-state index in [9.17, 15) is 4.79 Å². The van der Waals surface area contributed by atoms with Crippen molar-refractivity contribution in [2.24, 2.45) is 0 Å². The van der Waals surface area contributed by atoms with Gasteiger partial charge >= 0.3 is 0 Å². The SMILES string of the molecule is CCOc1ccc(Nc2ccc(C(=O)NCCc3ccc(Cl)cc3)nn2)cc1. The lowest BCUT2D eigenvalue weighted by Crippen LogP contribution is -2.26. The number of ether oxygens (including phenoxy) is 1. The van der Waals surface area contributed by atoms with Crippen LogP contribution < -0.4 is 15.4 Å². The van der Waals surface area contributed by atoms with Crippen LogP contribution in [0.5, 0.6) is 5.75 Å². The third kappa shape index (κ3) is 5.69. The molecule has 0 spiro atoms. The summed E-state index contributed by atoms with van der Waals surface area (Å²) in [5.74, 6) is 1.11. The summed E-state index contributed by atoms with van der Waals surface area (Å²) in [4.78, 5) is 12.2. The van der Waals surface area contributed by atoms with Crippen LogP contribution in [0.2, 0.25) is 5.02 Å². The van der Waals surface area contributed by atoms with Gasteiger partial charge in [0.2, 0.25) is 0 Å². The maximum Gasteiger partial charge on any atom is 0.271 e. The first kappa shape index (κ1) is 19.6. The molecule has 0 saturated heterocycles. The Morgan fingerprint density at radius 1 is 1.00 bits per heavy atom. The van der Waals surface area contributed by atoms with Gasteiger partial charge in [0.15, 0.2) is 11.5 Å². The predicted octanol–water partition coefficient (Wildman–Crippen LogP) is 4.24. The molecular formula is C21H21ClN4O2. The summed E-state index contributed by atoms with van der Waals surface area (Å²) < 4.78 is 5.41. The van der Waals surface area contributed by atoms with E-state index < -0.39 is 0 Å². The number of rotatable bonds is 8. The second-order valence-corrected chi connectivity index (χ2v) is 6.46.